The highest BCUT2D eigenvalue weighted by molar-refractivity contribution is 5.85. The second-order valence-corrected chi connectivity index (χ2v) is 3.17. The van der Waals surface area contributed by atoms with E-state index in [1.807, 2.05) is 30.3 Å². The van der Waals surface area contributed by atoms with E-state index in [1.54, 1.807) is 6.08 Å². The Kier molecular flexibility index (Phi) is 5.42. The third-order valence-electron chi connectivity index (χ3n) is 1.87. The summed E-state index contributed by atoms with van der Waals surface area (Å²) in [5.74, 6) is -0.922. The molecule has 2 heteroatoms. The first kappa shape index (κ1) is 12.0. The third kappa shape index (κ3) is 5.60. The molecule has 0 amide bonds. The van der Waals surface area contributed by atoms with Gasteiger partial charge in [-0.25, -0.2) is 4.79 Å². The molecule has 1 aliphatic carbocycles. The molecule has 2 rings (SSSR count). The lowest BCUT2D eigenvalue weighted by Gasteiger charge is -1.87. The largest absolute Gasteiger partial charge is 0.478 e. The van der Waals surface area contributed by atoms with Crippen LogP contribution in [0, 0.1) is 0 Å². The van der Waals surface area contributed by atoms with Crippen LogP contribution >= 0.6 is 0 Å². The average molecular weight is 214 g/mol. The van der Waals surface area contributed by atoms with Gasteiger partial charge in [-0.1, -0.05) is 54.6 Å². The van der Waals surface area contributed by atoms with E-state index in [0.29, 0.717) is 0 Å². The molecular formula is C14H14O2. The molecule has 0 radical (unpaired) electrons. The summed E-state index contributed by atoms with van der Waals surface area (Å²) in [4.78, 5) is 10.1. The maximum atomic E-state index is 10.1. The van der Waals surface area contributed by atoms with E-state index in [0.717, 1.165) is 18.1 Å². The highest BCUT2D eigenvalue weighted by atomic mass is 16.4. The molecule has 1 N–H and O–H groups in total. The summed E-state index contributed by atoms with van der Waals surface area (Å²) in [5.41, 5.74) is 0.898. The Bertz CT molecular complexity index is 390. The van der Waals surface area contributed by atoms with Crippen LogP contribution in [0.2, 0.25) is 0 Å². The van der Waals surface area contributed by atoms with E-state index in [-0.39, 0.29) is 0 Å². The number of carboxylic acids is 1. The minimum Gasteiger partial charge on any atom is -0.478 e. The monoisotopic (exact) mass is 214 g/mol. The number of aliphatic carboxylic acids is 1. The van der Waals surface area contributed by atoms with E-state index in [2.05, 4.69) is 24.3 Å². The molecule has 82 valence electrons. The van der Waals surface area contributed by atoms with E-state index >= 15 is 0 Å². The van der Waals surface area contributed by atoms with Crippen molar-refractivity contribution >= 4 is 12.0 Å². The first-order valence-electron chi connectivity index (χ1n) is 5.07. The van der Waals surface area contributed by atoms with Gasteiger partial charge in [0.05, 0.1) is 0 Å². The Morgan fingerprint density at radius 3 is 2.19 bits per heavy atom. The molecular weight excluding hydrogens is 200 g/mol. The van der Waals surface area contributed by atoms with Crippen molar-refractivity contribution in [3.05, 3.63) is 66.3 Å². The molecule has 0 saturated carbocycles. The number of rotatable bonds is 2. The zero-order valence-corrected chi connectivity index (χ0v) is 8.91. The van der Waals surface area contributed by atoms with Crippen LogP contribution in [0.3, 0.4) is 0 Å². The van der Waals surface area contributed by atoms with Gasteiger partial charge in [-0.2, -0.15) is 0 Å². The highest BCUT2D eigenvalue weighted by Crippen LogP contribution is 1.99. The van der Waals surface area contributed by atoms with Crippen molar-refractivity contribution in [3.8, 4) is 0 Å². The van der Waals surface area contributed by atoms with Crippen LogP contribution in [-0.4, -0.2) is 11.1 Å². The number of carboxylic acid groups (broad SMARTS) is 1. The summed E-state index contributed by atoms with van der Waals surface area (Å²) in [6.07, 6.45) is 12.2. The summed E-state index contributed by atoms with van der Waals surface area (Å²) >= 11 is 0. The van der Waals surface area contributed by atoms with E-state index in [1.165, 1.54) is 0 Å². The second-order valence-electron chi connectivity index (χ2n) is 3.17. The number of carbonyl (C=O) groups is 1. The molecule has 0 unspecified atom stereocenters. The van der Waals surface area contributed by atoms with Gasteiger partial charge in [-0.15, -0.1) is 0 Å². The molecule has 0 aliphatic heterocycles. The topological polar surface area (TPSA) is 37.3 Å². The van der Waals surface area contributed by atoms with E-state index in [4.69, 9.17) is 5.11 Å². The molecule has 2 nitrogen and oxygen atoms in total. The zero-order chi connectivity index (χ0) is 11.6. The Labute approximate surface area is 95.2 Å². The molecule has 0 bridgehead atoms. The molecule has 1 aromatic carbocycles. The van der Waals surface area contributed by atoms with Crippen molar-refractivity contribution in [1.29, 1.82) is 0 Å². The molecule has 0 saturated heterocycles. The van der Waals surface area contributed by atoms with Gasteiger partial charge in [0.15, 0.2) is 0 Å². The molecule has 16 heavy (non-hydrogen) atoms. The first-order valence-corrected chi connectivity index (χ1v) is 5.07. The normalized spacial score (nSPS) is 12.5. The molecule has 0 aromatic heterocycles. The van der Waals surface area contributed by atoms with Crippen molar-refractivity contribution in [3.63, 3.8) is 0 Å². The molecule has 1 aromatic rings. The number of hydrogen-bond acceptors (Lipinski definition) is 1. The van der Waals surface area contributed by atoms with Gasteiger partial charge in [0.2, 0.25) is 0 Å². The van der Waals surface area contributed by atoms with Crippen molar-refractivity contribution < 1.29 is 9.90 Å². The van der Waals surface area contributed by atoms with Crippen LogP contribution in [0.15, 0.2) is 60.7 Å². The average Bonchev–Trinajstić information content (AvgIpc) is 2.86. The van der Waals surface area contributed by atoms with E-state index in [9.17, 15) is 4.79 Å². The van der Waals surface area contributed by atoms with Gasteiger partial charge in [0, 0.05) is 6.08 Å². The lowest BCUT2D eigenvalue weighted by Crippen LogP contribution is -1.85. The Morgan fingerprint density at radius 1 is 1.12 bits per heavy atom. The Balaban J connectivity index is 0.000000212. The van der Waals surface area contributed by atoms with Gasteiger partial charge >= 0.3 is 5.97 Å². The molecule has 0 heterocycles. The highest BCUT2D eigenvalue weighted by Gasteiger charge is 1.85. The fourth-order valence-electron chi connectivity index (χ4n) is 1.12. The third-order valence-corrected chi connectivity index (χ3v) is 1.87. The van der Waals surface area contributed by atoms with Crippen molar-refractivity contribution in [2.45, 2.75) is 6.42 Å². The number of hydrogen-bond donors (Lipinski definition) is 1. The predicted molar refractivity (Wildman–Crippen MR) is 66.0 cm³/mol. The van der Waals surface area contributed by atoms with Crippen LogP contribution in [0.4, 0.5) is 0 Å². The van der Waals surface area contributed by atoms with Gasteiger partial charge < -0.3 is 5.11 Å². The lowest BCUT2D eigenvalue weighted by molar-refractivity contribution is -0.131. The lowest BCUT2D eigenvalue weighted by atomic mass is 10.2. The first-order chi connectivity index (χ1) is 7.79. The minimum atomic E-state index is -0.922. The summed E-state index contributed by atoms with van der Waals surface area (Å²) < 4.78 is 0. The fourth-order valence-corrected chi connectivity index (χ4v) is 1.12. The summed E-state index contributed by atoms with van der Waals surface area (Å²) in [7, 11) is 0. The van der Waals surface area contributed by atoms with Gasteiger partial charge in [0.25, 0.3) is 0 Å². The van der Waals surface area contributed by atoms with Crippen LogP contribution in [0.5, 0.6) is 0 Å². The van der Waals surface area contributed by atoms with Crippen LogP contribution in [-0.2, 0) is 4.79 Å². The van der Waals surface area contributed by atoms with Gasteiger partial charge in [-0.3, -0.25) is 0 Å². The van der Waals surface area contributed by atoms with Crippen molar-refractivity contribution in [2.24, 2.45) is 0 Å². The SMILES string of the molecule is C1=CCC=C1.O=C(O)C=Cc1ccccc1. The van der Waals surface area contributed by atoms with Crippen LogP contribution in [0.25, 0.3) is 6.08 Å². The van der Waals surface area contributed by atoms with Crippen LogP contribution < -0.4 is 0 Å². The smallest absolute Gasteiger partial charge is 0.328 e. The summed E-state index contributed by atoms with van der Waals surface area (Å²) in [6.45, 7) is 0. The predicted octanol–water partition coefficient (Wildman–Crippen LogP) is 3.29. The maximum absolute atomic E-state index is 10.1. The Hall–Kier alpha value is -2.09. The van der Waals surface area contributed by atoms with Crippen LogP contribution in [0.1, 0.15) is 12.0 Å². The van der Waals surface area contributed by atoms with Gasteiger partial charge in [-0.05, 0) is 18.1 Å². The molecule has 0 atom stereocenters. The molecule has 1 aliphatic rings. The number of allylic oxidation sites excluding steroid dienone is 4. The van der Waals surface area contributed by atoms with Gasteiger partial charge in [0.1, 0.15) is 0 Å². The Morgan fingerprint density at radius 2 is 1.75 bits per heavy atom. The quantitative estimate of drug-likeness (QED) is 0.767. The minimum absolute atomic E-state index is 0.898. The second kappa shape index (κ2) is 7.23. The summed E-state index contributed by atoms with van der Waals surface area (Å²) in [5, 5.41) is 8.29. The molecule has 0 spiro atoms. The molecule has 0 fully saturated rings. The van der Waals surface area contributed by atoms with Crippen molar-refractivity contribution in [1.82, 2.24) is 0 Å². The number of benzene rings is 1. The zero-order valence-electron chi connectivity index (χ0n) is 8.91. The maximum Gasteiger partial charge on any atom is 0.328 e. The fraction of sp³-hybridized carbons (Fsp3) is 0.0714. The summed E-state index contributed by atoms with van der Waals surface area (Å²) in [6, 6.07) is 9.31. The van der Waals surface area contributed by atoms with E-state index < -0.39 is 5.97 Å². The van der Waals surface area contributed by atoms with Crippen molar-refractivity contribution in [2.75, 3.05) is 0 Å². The standard InChI is InChI=1S/C9H8O2.C5H6/c10-9(11)7-6-8-4-2-1-3-5-8;1-2-4-5-3-1/h1-7H,(H,10,11);1-4H,5H2.